The summed E-state index contributed by atoms with van der Waals surface area (Å²) in [6, 6.07) is 12.9. The van der Waals surface area contributed by atoms with E-state index in [1.165, 1.54) is 12.1 Å². The SMILES string of the molecule is O=C(COC(=O)C1(c2ccc(Cl)cc2)CC1)NCc1ccc(F)cc1. The second kappa shape index (κ2) is 7.23. The summed E-state index contributed by atoms with van der Waals surface area (Å²) in [6.07, 6.45) is 1.40. The molecule has 1 saturated carbocycles. The van der Waals surface area contributed by atoms with Gasteiger partial charge in [-0.1, -0.05) is 35.9 Å². The minimum absolute atomic E-state index is 0.249. The molecule has 0 spiro atoms. The fourth-order valence-corrected chi connectivity index (χ4v) is 2.75. The number of carbonyl (C=O) groups is 2. The van der Waals surface area contributed by atoms with Gasteiger partial charge < -0.3 is 10.1 Å². The van der Waals surface area contributed by atoms with E-state index in [0.29, 0.717) is 17.9 Å². The number of carbonyl (C=O) groups excluding carboxylic acids is 2. The lowest BCUT2D eigenvalue weighted by Gasteiger charge is -2.15. The minimum atomic E-state index is -0.651. The van der Waals surface area contributed by atoms with Gasteiger partial charge in [-0.3, -0.25) is 9.59 Å². The molecule has 1 fully saturated rings. The molecule has 0 unspecified atom stereocenters. The average molecular weight is 362 g/mol. The summed E-state index contributed by atoms with van der Waals surface area (Å²) >= 11 is 5.87. The maximum atomic E-state index is 12.8. The first-order chi connectivity index (χ1) is 12.0. The first-order valence-electron chi connectivity index (χ1n) is 7.94. The van der Waals surface area contributed by atoms with Gasteiger partial charge in [0.2, 0.25) is 0 Å². The lowest BCUT2D eigenvalue weighted by molar-refractivity contribution is -0.151. The highest BCUT2D eigenvalue weighted by Gasteiger charge is 2.52. The number of hydrogen-bond acceptors (Lipinski definition) is 3. The van der Waals surface area contributed by atoms with Crippen LogP contribution in [0.5, 0.6) is 0 Å². The number of benzene rings is 2. The molecule has 1 N–H and O–H groups in total. The van der Waals surface area contributed by atoms with Crippen LogP contribution in [-0.2, 0) is 26.3 Å². The Morgan fingerprint density at radius 1 is 1.08 bits per heavy atom. The molecule has 0 bridgehead atoms. The molecule has 1 aliphatic rings. The predicted molar refractivity (Wildman–Crippen MR) is 91.6 cm³/mol. The molecule has 130 valence electrons. The monoisotopic (exact) mass is 361 g/mol. The van der Waals surface area contributed by atoms with Crippen molar-refractivity contribution in [1.29, 1.82) is 0 Å². The number of rotatable bonds is 6. The summed E-state index contributed by atoms with van der Waals surface area (Å²) in [5, 5.41) is 3.24. The summed E-state index contributed by atoms with van der Waals surface area (Å²) in [6.45, 7) is -0.0889. The van der Waals surface area contributed by atoms with Crippen LogP contribution < -0.4 is 5.32 Å². The smallest absolute Gasteiger partial charge is 0.317 e. The zero-order valence-corrected chi connectivity index (χ0v) is 14.2. The van der Waals surface area contributed by atoms with E-state index in [9.17, 15) is 14.0 Å². The van der Waals surface area contributed by atoms with Gasteiger partial charge in [-0.05, 0) is 48.2 Å². The van der Waals surface area contributed by atoms with Gasteiger partial charge in [0.1, 0.15) is 5.82 Å². The Kier molecular flexibility index (Phi) is 5.04. The summed E-state index contributed by atoms with van der Waals surface area (Å²) in [4.78, 5) is 24.2. The molecular formula is C19H17ClFNO3. The van der Waals surface area contributed by atoms with E-state index in [2.05, 4.69) is 5.32 Å². The van der Waals surface area contributed by atoms with Gasteiger partial charge in [-0.2, -0.15) is 0 Å². The number of halogens is 2. The molecule has 1 aliphatic carbocycles. The second-order valence-electron chi connectivity index (χ2n) is 6.07. The number of esters is 1. The molecule has 1 amide bonds. The Morgan fingerprint density at radius 2 is 1.72 bits per heavy atom. The first kappa shape index (κ1) is 17.4. The maximum Gasteiger partial charge on any atom is 0.317 e. The molecule has 2 aromatic carbocycles. The third-order valence-corrected chi connectivity index (χ3v) is 4.53. The molecule has 25 heavy (non-hydrogen) atoms. The van der Waals surface area contributed by atoms with Crippen LogP contribution in [0.3, 0.4) is 0 Å². The fourth-order valence-electron chi connectivity index (χ4n) is 2.63. The first-order valence-corrected chi connectivity index (χ1v) is 8.32. The van der Waals surface area contributed by atoms with Crippen molar-refractivity contribution in [3.63, 3.8) is 0 Å². The summed E-state index contributed by atoms with van der Waals surface area (Å²) in [5.74, 6) is -1.13. The fraction of sp³-hybridized carbons (Fsp3) is 0.263. The second-order valence-corrected chi connectivity index (χ2v) is 6.50. The normalized spacial score (nSPS) is 14.6. The van der Waals surface area contributed by atoms with Crippen molar-refractivity contribution in [2.75, 3.05) is 6.61 Å². The molecule has 0 aromatic heterocycles. The van der Waals surface area contributed by atoms with Crippen LogP contribution in [0.2, 0.25) is 5.02 Å². The predicted octanol–water partition coefficient (Wildman–Crippen LogP) is 3.37. The maximum absolute atomic E-state index is 12.8. The van der Waals surface area contributed by atoms with Crippen LogP contribution in [0.1, 0.15) is 24.0 Å². The van der Waals surface area contributed by atoms with E-state index in [4.69, 9.17) is 16.3 Å². The van der Waals surface area contributed by atoms with Gasteiger partial charge >= 0.3 is 5.97 Å². The Bertz CT molecular complexity index is 770. The van der Waals surface area contributed by atoms with Gasteiger partial charge in [0.25, 0.3) is 5.91 Å². The van der Waals surface area contributed by atoms with Gasteiger partial charge in [-0.25, -0.2) is 4.39 Å². The number of ether oxygens (including phenoxy) is 1. The van der Waals surface area contributed by atoms with Crippen LogP contribution in [0.15, 0.2) is 48.5 Å². The third kappa shape index (κ3) is 4.17. The van der Waals surface area contributed by atoms with E-state index < -0.39 is 17.3 Å². The molecule has 3 rings (SSSR count). The number of nitrogens with one attached hydrogen (secondary N) is 1. The zero-order chi connectivity index (χ0) is 17.9. The number of hydrogen-bond donors (Lipinski definition) is 1. The molecule has 2 aromatic rings. The van der Waals surface area contributed by atoms with Crippen LogP contribution in [0.25, 0.3) is 0 Å². The van der Waals surface area contributed by atoms with Gasteiger partial charge in [0.05, 0.1) is 5.41 Å². The topological polar surface area (TPSA) is 55.4 Å². The van der Waals surface area contributed by atoms with Gasteiger partial charge in [0.15, 0.2) is 6.61 Å². The Labute approximate surface area is 149 Å². The van der Waals surface area contributed by atoms with Crippen molar-refractivity contribution in [2.24, 2.45) is 0 Å². The van der Waals surface area contributed by atoms with E-state index in [1.54, 1.807) is 24.3 Å². The molecule has 0 atom stereocenters. The Hall–Kier alpha value is -2.40. The van der Waals surface area contributed by atoms with E-state index in [0.717, 1.165) is 11.1 Å². The van der Waals surface area contributed by atoms with Crippen molar-refractivity contribution in [3.05, 3.63) is 70.5 Å². The van der Waals surface area contributed by atoms with Gasteiger partial charge in [-0.15, -0.1) is 0 Å². The van der Waals surface area contributed by atoms with Crippen molar-refractivity contribution in [2.45, 2.75) is 24.8 Å². The Balaban J connectivity index is 1.49. The lowest BCUT2D eigenvalue weighted by Crippen LogP contribution is -2.31. The minimum Gasteiger partial charge on any atom is -0.455 e. The molecule has 0 aliphatic heterocycles. The standard InChI is InChI=1S/C19H17ClFNO3/c20-15-5-3-14(4-6-15)19(9-10-19)18(24)25-12-17(23)22-11-13-1-7-16(21)8-2-13/h1-8H,9-12H2,(H,22,23). The van der Waals surface area contributed by atoms with Crippen LogP contribution >= 0.6 is 11.6 Å². The van der Waals surface area contributed by atoms with Crippen molar-refractivity contribution >= 4 is 23.5 Å². The summed E-state index contributed by atoms with van der Waals surface area (Å²) in [5.41, 5.74) is 0.969. The quantitative estimate of drug-likeness (QED) is 0.802. The highest BCUT2D eigenvalue weighted by Crippen LogP contribution is 2.49. The van der Waals surface area contributed by atoms with E-state index in [1.807, 2.05) is 12.1 Å². The van der Waals surface area contributed by atoms with Crippen molar-refractivity contribution < 1.29 is 18.7 Å². The molecular weight excluding hydrogens is 345 g/mol. The van der Waals surface area contributed by atoms with Crippen LogP contribution in [0, 0.1) is 5.82 Å². The van der Waals surface area contributed by atoms with Gasteiger partial charge in [0, 0.05) is 11.6 Å². The third-order valence-electron chi connectivity index (χ3n) is 4.27. The largest absolute Gasteiger partial charge is 0.455 e. The molecule has 6 heteroatoms. The molecule has 0 radical (unpaired) electrons. The van der Waals surface area contributed by atoms with Crippen LogP contribution in [-0.4, -0.2) is 18.5 Å². The molecule has 0 saturated heterocycles. The Morgan fingerprint density at radius 3 is 2.32 bits per heavy atom. The highest BCUT2D eigenvalue weighted by molar-refractivity contribution is 6.30. The summed E-state index contributed by atoms with van der Waals surface area (Å²) < 4.78 is 18.0. The van der Waals surface area contributed by atoms with E-state index in [-0.39, 0.29) is 19.0 Å². The molecule has 4 nitrogen and oxygen atoms in total. The zero-order valence-electron chi connectivity index (χ0n) is 13.4. The van der Waals surface area contributed by atoms with E-state index >= 15 is 0 Å². The summed E-state index contributed by atoms with van der Waals surface area (Å²) in [7, 11) is 0. The average Bonchev–Trinajstić information content (AvgIpc) is 3.41. The lowest BCUT2D eigenvalue weighted by atomic mass is 9.96. The van der Waals surface area contributed by atoms with Crippen molar-refractivity contribution in [3.8, 4) is 0 Å². The number of amides is 1. The molecule has 0 heterocycles. The van der Waals surface area contributed by atoms with Crippen LogP contribution in [0.4, 0.5) is 4.39 Å². The van der Waals surface area contributed by atoms with Crippen molar-refractivity contribution in [1.82, 2.24) is 5.32 Å². The highest BCUT2D eigenvalue weighted by atomic mass is 35.5.